The lowest BCUT2D eigenvalue weighted by molar-refractivity contribution is 0.579. The van der Waals surface area contributed by atoms with Crippen molar-refractivity contribution in [2.45, 2.75) is 40.0 Å². The van der Waals surface area contributed by atoms with Gasteiger partial charge in [-0.3, -0.25) is 0 Å². The predicted octanol–water partition coefficient (Wildman–Crippen LogP) is 4.32. The summed E-state index contributed by atoms with van der Waals surface area (Å²) in [5.74, 6) is 0.127. The smallest absolute Gasteiger partial charge is 0.219 e. The van der Waals surface area contributed by atoms with Crippen LogP contribution in [0.15, 0.2) is 87.5 Å². The molecule has 8 heteroatoms. The van der Waals surface area contributed by atoms with Crippen LogP contribution in [0.5, 0.6) is 0 Å². The first kappa shape index (κ1) is 21.1. The van der Waals surface area contributed by atoms with E-state index in [9.17, 15) is 16.8 Å². The molecule has 30 heavy (non-hydrogen) atoms. The number of sulfone groups is 1. The molecular formula is C22H20ClNO4S2. The number of aryl methyl sites for hydroxylation is 1. The molecule has 1 N–H and O–H groups in total. The minimum absolute atomic E-state index is 0.0312. The van der Waals surface area contributed by atoms with Gasteiger partial charge in [-0.25, -0.2) is 21.6 Å². The molecule has 5 nitrogen and oxygen atoms in total. The Balaban J connectivity index is 1.62. The second kappa shape index (κ2) is 7.81. The van der Waals surface area contributed by atoms with Crippen LogP contribution in [-0.4, -0.2) is 22.9 Å². The van der Waals surface area contributed by atoms with Crippen LogP contribution in [0.4, 0.5) is 0 Å². The van der Waals surface area contributed by atoms with Gasteiger partial charge >= 0.3 is 0 Å². The molecule has 4 rings (SSSR count). The Morgan fingerprint density at radius 3 is 2.17 bits per heavy atom. The minimum atomic E-state index is -3.88. The summed E-state index contributed by atoms with van der Waals surface area (Å²) in [6.07, 6.45) is 0.713. The van der Waals surface area contributed by atoms with E-state index in [0.717, 1.165) is 5.56 Å². The fourth-order valence-electron chi connectivity index (χ4n) is 3.44. The van der Waals surface area contributed by atoms with Crippen LogP contribution in [0, 0.1) is 6.92 Å². The molecule has 3 aromatic rings. The number of rotatable bonds is 6. The second-order valence-electron chi connectivity index (χ2n) is 7.37. The molecule has 0 aromatic heterocycles. The number of nitrogens with one attached hydrogen (secondary N) is 1. The Kier molecular flexibility index (Phi) is 5.48. The molecule has 156 valence electrons. The van der Waals surface area contributed by atoms with E-state index in [4.69, 9.17) is 11.6 Å². The lowest BCUT2D eigenvalue weighted by Crippen LogP contribution is -2.27. The maximum atomic E-state index is 13.0. The summed E-state index contributed by atoms with van der Waals surface area (Å²) in [4.78, 5) is -0.0548. The van der Waals surface area contributed by atoms with E-state index in [1.807, 2.05) is 30.3 Å². The highest BCUT2D eigenvalue weighted by atomic mass is 35.5. The van der Waals surface area contributed by atoms with Crippen molar-refractivity contribution in [1.29, 1.82) is 0 Å². The molecule has 2 unspecified atom stereocenters. The van der Waals surface area contributed by atoms with Crippen molar-refractivity contribution in [1.82, 2.24) is 4.72 Å². The molecule has 1 fully saturated rings. The van der Waals surface area contributed by atoms with Crippen molar-refractivity contribution < 1.29 is 16.8 Å². The zero-order valence-corrected chi connectivity index (χ0v) is 18.5. The van der Waals surface area contributed by atoms with Crippen LogP contribution in [0.2, 0.25) is 5.02 Å². The van der Waals surface area contributed by atoms with Crippen molar-refractivity contribution >= 4 is 31.5 Å². The number of hydrogen-bond donors (Lipinski definition) is 1. The van der Waals surface area contributed by atoms with E-state index in [0.29, 0.717) is 17.0 Å². The number of halogens is 1. The van der Waals surface area contributed by atoms with E-state index in [2.05, 4.69) is 4.72 Å². The third-order valence-electron chi connectivity index (χ3n) is 5.21. The van der Waals surface area contributed by atoms with Gasteiger partial charge in [0.1, 0.15) is 0 Å². The maximum Gasteiger partial charge on any atom is 0.241 e. The SMILES string of the molecule is Cc1ccc(S(=O)(=O)c2ccc(Cl)cc2)cc1S(=O)(=O)NC1CC1c1ccccc1. The molecule has 0 bridgehead atoms. The van der Waals surface area contributed by atoms with Crippen LogP contribution in [0.3, 0.4) is 0 Å². The first-order valence-corrected chi connectivity index (χ1v) is 12.7. The lowest BCUT2D eigenvalue weighted by Gasteiger charge is -2.12. The lowest BCUT2D eigenvalue weighted by atomic mass is 10.1. The molecule has 0 aliphatic heterocycles. The molecule has 1 aliphatic carbocycles. The number of benzene rings is 3. The summed E-state index contributed by atoms with van der Waals surface area (Å²) in [5, 5.41) is 0.419. The standard InChI is InChI=1S/C22H20ClNO4S2/c1-15-7-10-19(29(25,26)18-11-8-17(23)9-12-18)13-22(15)30(27,28)24-21-14-20(21)16-5-3-2-4-6-16/h2-13,20-21,24H,14H2,1H3. The van der Waals surface area contributed by atoms with E-state index in [-0.39, 0.29) is 26.6 Å². The molecule has 1 saturated carbocycles. The second-order valence-corrected chi connectivity index (χ2v) is 11.4. The Morgan fingerprint density at radius 1 is 0.867 bits per heavy atom. The quantitative estimate of drug-likeness (QED) is 0.593. The molecule has 2 atom stereocenters. The van der Waals surface area contributed by atoms with Gasteiger partial charge in [-0.2, -0.15) is 0 Å². The van der Waals surface area contributed by atoms with Gasteiger partial charge in [-0.15, -0.1) is 0 Å². The molecule has 0 heterocycles. The highest BCUT2D eigenvalue weighted by Crippen LogP contribution is 2.41. The summed E-state index contributed by atoms with van der Waals surface area (Å²) in [6.45, 7) is 1.65. The third kappa shape index (κ3) is 4.16. The van der Waals surface area contributed by atoms with Crippen LogP contribution in [-0.2, 0) is 19.9 Å². The fourth-order valence-corrected chi connectivity index (χ4v) is 6.49. The van der Waals surface area contributed by atoms with Crippen LogP contribution >= 0.6 is 11.6 Å². The molecule has 0 saturated heterocycles. The molecule has 3 aromatic carbocycles. The van der Waals surface area contributed by atoms with Crippen LogP contribution in [0.1, 0.15) is 23.5 Å². The van der Waals surface area contributed by atoms with Gasteiger partial charge in [0.2, 0.25) is 19.9 Å². The molecule has 0 radical (unpaired) electrons. The average molecular weight is 462 g/mol. The topological polar surface area (TPSA) is 80.3 Å². The zero-order valence-electron chi connectivity index (χ0n) is 16.1. The Hall–Kier alpha value is -2.19. The maximum absolute atomic E-state index is 13.0. The third-order valence-corrected chi connectivity index (χ3v) is 8.86. The number of sulfonamides is 1. The van der Waals surface area contributed by atoms with Crippen molar-refractivity contribution in [3.63, 3.8) is 0 Å². The molecular weight excluding hydrogens is 442 g/mol. The van der Waals surface area contributed by atoms with Gasteiger partial charge in [-0.1, -0.05) is 48.0 Å². The summed E-state index contributed by atoms with van der Waals surface area (Å²) in [5.41, 5.74) is 1.57. The van der Waals surface area contributed by atoms with Gasteiger partial charge < -0.3 is 0 Å². The Labute approximate surface area is 181 Å². The van der Waals surface area contributed by atoms with Crippen LogP contribution in [0.25, 0.3) is 0 Å². The van der Waals surface area contributed by atoms with Gasteiger partial charge in [0, 0.05) is 17.0 Å². The highest BCUT2D eigenvalue weighted by Gasteiger charge is 2.41. The monoisotopic (exact) mass is 461 g/mol. The Morgan fingerprint density at radius 2 is 1.50 bits per heavy atom. The Bertz CT molecular complexity index is 1290. The highest BCUT2D eigenvalue weighted by molar-refractivity contribution is 7.91. The average Bonchev–Trinajstić information content (AvgIpc) is 3.47. The van der Waals surface area contributed by atoms with E-state index in [1.165, 1.54) is 42.5 Å². The first-order valence-electron chi connectivity index (χ1n) is 9.37. The molecule has 0 amide bonds. The number of hydrogen-bond acceptors (Lipinski definition) is 4. The van der Waals surface area contributed by atoms with Gasteiger partial charge in [0.05, 0.1) is 14.7 Å². The van der Waals surface area contributed by atoms with Crippen molar-refractivity contribution in [2.24, 2.45) is 0 Å². The van der Waals surface area contributed by atoms with E-state index >= 15 is 0 Å². The van der Waals surface area contributed by atoms with E-state index in [1.54, 1.807) is 6.92 Å². The van der Waals surface area contributed by atoms with E-state index < -0.39 is 19.9 Å². The summed E-state index contributed by atoms with van der Waals surface area (Å²) < 4.78 is 54.7. The first-order chi connectivity index (χ1) is 14.2. The van der Waals surface area contributed by atoms with Gasteiger partial charge in [-0.05, 0) is 60.9 Å². The summed E-state index contributed by atoms with van der Waals surface area (Å²) in [7, 11) is -7.75. The largest absolute Gasteiger partial charge is 0.241 e. The van der Waals surface area contributed by atoms with Crippen LogP contribution < -0.4 is 4.72 Å². The molecule has 1 aliphatic rings. The fraction of sp³-hybridized carbons (Fsp3) is 0.182. The normalized spacial score (nSPS) is 18.9. The van der Waals surface area contributed by atoms with Crippen molar-refractivity contribution in [2.75, 3.05) is 0 Å². The van der Waals surface area contributed by atoms with Crippen molar-refractivity contribution in [3.05, 3.63) is 88.9 Å². The summed E-state index contributed by atoms with van der Waals surface area (Å²) in [6, 6.07) is 19.4. The molecule has 0 spiro atoms. The zero-order chi connectivity index (χ0) is 21.5. The summed E-state index contributed by atoms with van der Waals surface area (Å²) >= 11 is 5.84. The minimum Gasteiger partial charge on any atom is -0.219 e. The predicted molar refractivity (Wildman–Crippen MR) is 116 cm³/mol. The van der Waals surface area contributed by atoms with Gasteiger partial charge in [0.25, 0.3) is 0 Å². The van der Waals surface area contributed by atoms with Gasteiger partial charge in [0.15, 0.2) is 0 Å². The van der Waals surface area contributed by atoms with Crippen molar-refractivity contribution in [3.8, 4) is 0 Å².